The molecule has 0 spiro atoms. The van der Waals surface area contributed by atoms with Crippen LogP contribution in [0.3, 0.4) is 0 Å². The van der Waals surface area contributed by atoms with Crippen molar-refractivity contribution in [2.75, 3.05) is 5.75 Å². The first-order valence-electron chi connectivity index (χ1n) is 5.79. The van der Waals surface area contributed by atoms with Gasteiger partial charge >= 0.3 is 0 Å². The lowest BCUT2D eigenvalue weighted by atomic mass is 10.1. The summed E-state index contributed by atoms with van der Waals surface area (Å²) in [7, 11) is 0. The Balaban J connectivity index is 1.86. The van der Waals surface area contributed by atoms with Crippen LogP contribution >= 0.6 is 11.8 Å². The Bertz CT molecular complexity index is 381. The first-order valence-corrected chi connectivity index (χ1v) is 6.78. The summed E-state index contributed by atoms with van der Waals surface area (Å²) in [4.78, 5) is 1.05. The predicted molar refractivity (Wildman–Crippen MR) is 65.4 cm³/mol. The summed E-state index contributed by atoms with van der Waals surface area (Å²) in [5, 5.41) is 9.00. The van der Waals surface area contributed by atoms with Crippen molar-refractivity contribution >= 4 is 11.8 Å². The summed E-state index contributed by atoms with van der Waals surface area (Å²) in [5.41, 5.74) is 0.867. The second-order valence-electron chi connectivity index (χ2n) is 4.58. The number of thioether (sulfide) groups is 1. The van der Waals surface area contributed by atoms with Gasteiger partial charge in [-0.2, -0.15) is 0 Å². The van der Waals surface area contributed by atoms with Gasteiger partial charge in [0.05, 0.1) is 6.61 Å². The Morgan fingerprint density at radius 2 is 2.24 bits per heavy atom. The van der Waals surface area contributed by atoms with Gasteiger partial charge in [0.1, 0.15) is 0 Å². The smallest absolute Gasteiger partial charge is 0.248 e. The minimum absolute atomic E-state index is 0.0237. The number of aliphatic hydroxyl groups is 1. The van der Waals surface area contributed by atoms with Crippen molar-refractivity contribution in [2.24, 2.45) is 5.92 Å². The van der Waals surface area contributed by atoms with Crippen LogP contribution in [0, 0.1) is 5.92 Å². The lowest BCUT2D eigenvalue weighted by molar-refractivity contribution is 0.00596. The highest BCUT2D eigenvalue weighted by atomic mass is 32.2. The first kappa shape index (κ1) is 12.8. The summed E-state index contributed by atoms with van der Waals surface area (Å²) >= 11 is 1.60. The van der Waals surface area contributed by atoms with Crippen molar-refractivity contribution in [1.82, 2.24) is 0 Å². The van der Waals surface area contributed by atoms with Gasteiger partial charge in [-0.1, -0.05) is 12.1 Å². The fourth-order valence-corrected chi connectivity index (χ4v) is 3.25. The first-order chi connectivity index (χ1) is 8.09. The average Bonchev–Trinajstić information content (AvgIpc) is 2.67. The Kier molecular flexibility index (Phi) is 4.05. The van der Waals surface area contributed by atoms with Crippen LogP contribution in [0.15, 0.2) is 29.2 Å². The van der Waals surface area contributed by atoms with Crippen molar-refractivity contribution in [3.05, 3.63) is 29.8 Å². The average molecular weight is 258 g/mol. The zero-order chi connectivity index (χ0) is 12.3. The summed E-state index contributed by atoms with van der Waals surface area (Å²) in [6.07, 6.45) is 0.689. The number of alkyl halides is 2. The topological polar surface area (TPSA) is 20.2 Å². The van der Waals surface area contributed by atoms with E-state index in [1.54, 1.807) is 11.8 Å². The van der Waals surface area contributed by atoms with Gasteiger partial charge in [0.25, 0.3) is 0 Å². The van der Waals surface area contributed by atoms with Crippen LogP contribution in [0.4, 0.5) is 8.78 Å². The molecule has 1 fully saturated rings. The maximum atomic E-state index is 13.0. The Morgan fingerprint density at radius 1 is 1.41 bits per heavy atom. The van der Waals surface area contributed by atoms with Gasteiger partial charge in [-0.3, -0.25) is 0 Å². The normalized spacial score (nSPS) is 22.9. The van der Waals surface area contributed by atoms with E-state index in [1.165, 1.54) is 0 Å². The zero-order valence-electron chi connectivity index (χ0n) is 9.53. The minimum atomic E-state index is -2.45. The van der Waals surface area contributed by atoms with E-state index >= 15 is 0 Å². The van der Waals surface area contributed by atoms with Crippen molar-refractivity contribution in [3.8, 4) is 0 Å². The fourth-order valence-electron chi connectivity index (χ4n) is 2.13. The molecule has 1 saturated carbocycles. The van der Waals surface area contributed by atoms with Crippen LogP contribution in [0.25, 0.3) is 0 Å². The summed E-state index contributed by atoms with van der Waals surface area (Å²) in [6.45, 7) is 0.0237. The van der Waals surface area contributed by atoms with Gasteiger partial charge < -0.3 is 5.11 Å². The Morgan fingerprint density at radius 3 is 2.88 bits per heavy atom. The molecule has 1 aliphatic carbocycles. The van der Waals surface area contributed by atoms with Gasteiger partial charge in [-0.15, -0.1) is 11.8 Å². The summed E-state index contributed by atoms with van der Waals surface area (Å²) in [5.74, 6) is -1.59. The molecule has 0 aliphatic heterocycles. The molecular weight excluding hydrogens is 242 g/mol. The lowest BCUT2D eigenvalue weighted by Crippen LogP contribution is -2.10. The minimum Gasteiger partial charge on any atom is -0.392 e. The molecule has 0 saturated heterocycles. The van der Waals surface area contributed by atoms with E-state index in [4.69, 9.17) is 5.11 Å². The van der Waals surface area contributed by atoms with E-state index in [2.05, 4.69) is 0 Å². The van der Waals surface area contributed by atoms with Crippen LogP contribution < -0.4 is 0 Å². The molecule has 94 valence electrons. The number of benzene rings is 1. The highest BCUT2D eigenvalue weighted by Gasteiger charge is 2.39. The van der Waals surface area contributed by atoms with Crippen molar-refractivity contribution in [2.45, 2.75) is 36.7 Å². The molecule has 1 unspecified atom stereocenters. The van der Waals surface area contributed by atoms with E-state index in [0.717, 1.165) is 16.2 Å². The molecule has 2 rings (SSSR count). The Hall–Kier alpha value is -0.610. The van der Waals surface area contributed by atoms with Crippen LogP contribution in [0.2, 0.25) is 0 Å². The maximum absolute atomic E-state index is 13.0. The number of rotatable bonds is 4. The van der Waals surface area contributed by atoms with E-state index in [0.29, 0.717) is 6.42 Å². The van der Waals surface area contributed by atoms with E-state index in [9.17, 15) is 8.78 Å². The molecule has 4 heteroatoms. The molecule has 1 aromatic rings. The fraction of sp³-hybridized carbons (Fsp3) is 0.538. The summed E-state index contributed by atoms with van der Waals surface area (Å²) < 4.78 is 26.0. The number of hydrogen-bond donors (Lipinski definition) is 1. The largest absolute Gasteiger partial charge is 0.392 e. The number of hydrogen-bond acceptors (Lipinski definition) is 2. The molecule has 0 aromatic heterocycles. The predicted octanol–water partition coefficient (Wildman–Crippen LogP) is 3.71. The van der Waals surface area contributed by atoms with Crippen molar-refractivity contribution in [1.29, 1.82) is 0 Å². The highest BCUT2D eigenvalue weighted by molar-refractivity contribution is 7.99. The van der Waals surface area contributed by atoms with Crippen LogP contribution in [0.1, 0.15) is 24.8 Å². The van der Waals surface area contributed by atoms with Gasteiger partial charge in [0.15, 0.2) is 0 Å². The molecular formula is C13H16F2OS. The maximum Gasteiger partial charge on any atom is 0.248 e. The molecule has 1 nitrogen and oxygen atoms in total. The lowest BCUT2D eigenvalue weighted by Gasteiger charge is -2.10. The summed E-state index contributed by atoms with van der Waals surface area (Å²) in [6, 6.07) is 7.61. The van der Waals surface area contributed by atoms with Crippen molar-refractivity contribution < 1.29 is 13.9 Å². The second kappa shape index (κ2) is 5.36. The van der Waals surface area contributed by atoms with Gasteiger partial charge in [0, 0.05) is 23.5 Å². The number of aliphatic hydroxyl groups excluding tert-OH is 1. The molecule has 1 aromatic carbocycles. The molecule has 17 heavy (non-hydrogen) atoms. The van der Waals surface area contributed by atoms with E-state index in [-0.39, 0.29) is 25.4 Å². The quantitative estimate of drug-likeness (QED) is 0.831. The highest BCUT2D eigenvalue weighted by Crippen LogP contribution is 2.41. The van der Waals surface area contributed by atoms with Crippen LogP contribution in [-0.4, -0.2) is 16.8 Å². The third-order valence-electron chi connectivity index (χ3n) is 3.07. The molecule has 0 radical (unpaired) electrons. The third-order valence-corrected chi connectivity index (χ3v) is 4.30. The molecule has 0 amide bonds. The standard InChI is InChI=1S/C13H16F2OS/c14-13(15)5-4-11(7-13)9-17-12-3-1-2-10(6-12)8-16/h1-3,6,11,16H,4-5,7-9H2. The molecule has 0 bridgehead atoms. The molecule has 0 heterocycles. The van der Waals surface area contributed by atoms with Gasteiger partial charge in [-0.25, -0.2) is 8.78 Å². The monoisotopic (exact) mass is 258 g/mol. The number of halogens is 2. The molecule has 1 atom stereocenters. The van der Waals surface area contributed by atoms with Crippen molar-refractivity contribution in [3.63, 3.8) is 0 Å². The zero-order valence-corrected chi connectivity index (χ0v) is 10.4. The Labute approximate surface area is 104 Å². The molecule has 1 N–H and O–H groups in total. The molecule has 1 aliphatic rings. The third kappa shape index (κ3) is 3.68. The van der Waals surface area contributed by atoms with Crippen LogP contribution in [-0.2, 0) is 6.61 Å². The van der Waals surface area contributed by atoms with Gasteiger partial charge in [-0.05, 0) is 30.0 Å². The van der Waals surface area contributed by atoms with E-state index < -0.39 is 5.92 Å². The van der Waals surface area contributed by atoms with Crippen LogP contribution in [0.5, 0.6) is 0 Å². The second-order valence-corrected chi connectivity index (χ2v) is 5.67. The van der Waals surface area contributed by atoms with E-state index in [1.807, 2.05) is 24.3 Å². The van der Waals surface area contributed by atoms with Gasteiger partial charge in [0.2, 0.25) is 5.92 Å². The SMILES string of the molecule is OCc1cccc(SCC2CCC(F)(F)C2)c1.